The third kappa shape index (κ3) is 1.19. The Morgan fingerprint density at radius 3 is 2.86 bits per heavy atom. The fourth-order valence-corrected chi connectivity index (χ4v) is 2.20. The van der Waals surface area contributed by atoms with Crippen molar-refractivity contribution in [1.29, 1.82) is 0 Å². The number of rotatable bonds is 1. The van der Waals surface area contributed by atoms with Gasteiger partial charge in [0, 0.05) is 5.92 Å². The molecule has 3 rings (SSSR count). The maximum atomic E-state index is 5.74. The molecule has 0 radical (unpaired) electrons. The van der Waals surface area contributed by atoms with E-state index in [9.17, 15) is 0 Å². The van der Waals surface area contributed by atoms with Gasteiger partial charge < -0.3 is 4.42 Å². The average molecular weight is 252 g/mol. The van der Waals surface area contributed by atoms with Crippen LogP contribution in [0.4, 0.5) is 0 Å². The van der Waals surface area contributed by atoms with Crippen LogP contribution in [-0.4, -0.2) is 4.98 Å². The van der Waals surface area contributed by atoms with E-state index in [4.69, 9.17) is 4.42 Å². The Balaban J connectivity index is 2.15. The summed E-state index contributed by atoms with van der Waals surface area (Å²) in [4.78, 5) is 4.50. The lowest BCUT2D eigenvalue weighted by atomic mass is 9.85. The molecule has 0 amide bonds. The number of para-hydroxylation sites is 1. The van der Waals surface area contributed by atoms with E-state index in [2.05, 4.69) is 20.9 Å². The fraction of sp³-hybridized carbons (Fsp3) is 0.364. The molecule has 2 aromatic rings. The minimum atomic E-state index is 0.564. The van der Waals surface area contributed by atoms with Gasteiger partial charge >= 0.3 is 0 Å². The van der Waals surface area contributed by atoms with E-state index >= 15 is 0 Å². The number of aromatic nitrogens is 1. The van der Waals surface area contributed by atoms with Gasteiger partial charge in [-0.3, -0.25) is 0 Å². The number of hydrogen-bond acceptors (Lipinski definition) is 2. The standard InChI is InChI=1S/C11H10BrNO/c12-8-5-2-6-9-10(8)14-11(13-9)7-3-1-4-7/h2,5-7H,1,3-4H2. The van der Waals surface area contributed by atoms with Gasteiger partial charge in [-0.1, -0.05) is 12.5 Å². The Kier molecular flexibility index (Phi) is 1.87. The molecule has 0 unspecified atom stereocenters. The van der Waals surface area contributed by atoms with Gasteiger partial charge in [0.2, 0.25) is 0 Å². The third-order valence-corrected chi connectivity index (χ3v) is 3.46. The van der Waals surface area contributed by atoms with E-state index in [0.717, 1.165) is 21.5 Å². The molecule has 0 bridgehead atoms. The van der Waals surface area contributed by atoms with E-state index < -0.39 is 0 Å². The molecule has 1 fully saturated rings. The van der Waals surface area contributed by atoms with Crippen molar-refractivity contribution in [3.8, 4) is 0 Å². The number of hydrogen-bond donors (Lipinski definition) is 0. The molecule has 1 saturated carbocycles. The second kappa shape index (κ2) is 3.09. The van der Waals surface area contributed by atoms with Crippen LogP contribution in [0.5, 0.6) is 0 Å². The normalized spacial score (nSPS) is 17.2. The summed E-state index contributed by atoms with van der Waals surface area (Å²) in [5.74, 6) is 1.48. The molecular weight excluding hydrogens is 242 g/mol. The molecule has 0 saturated heterocycles. The summed E-state index contributed by atoms with van der Waals surface area (Å²) in [5, 5.41) is 0. The van der Waals surface area contributed by atoms with Crippen molar-refractivity contribution in [3.63, 3.8) is 0 Å². The molecule has 1 aliphatic carbocycles. The van der Waals surface area contributed by atoms with Gasteiger partial charge in [-0.05, 0) is 40.9 Å². The van der Waals surface area contributed by atoms with Crippen LogP contribution < -0.4 is 0 Å². The van der Waals surface area contributed by atoms with Crippen LogP contribution in [-0.2, 0) is 0 Å². The van der Waals surface area contributed by atoms with Gasteiger partial charge in [0.1, 0.15) is 5.52 Å². The highest BCUT2D eigenvalue weighted by molar-refractivity contribution is 9.10. The summed E-state index contributed by atoms with van der Waals surface area (Å²) in [6, 6.07) is 5.96. The van der Waals surface area contributed by atoms with Gasteiger partial charge in [-0.25, -0.2) is 4.98 Å². The average Bonchev–Trinajstić information content (AvgIpc) is 2.46. The second-order valence-corrected chi connectivity index (χ2v) is 4.62. The van der Waals surface area contributed by atoms with Gasteiger partial charge in [0.05, 0.1) is 4.47 Å². The molecule has 2 nitrogen and oxygen atoms in total. The highest BCUT2D eigenvalue weighted by Gasteiger charge is 2.24. The van der Waals surface area contributed by atoms with Crippen molar-refractivity contribution in [2.24, 2.45) is 0 Å². The van der Waals surface area contributed by atoms with Crippen molar-refractivity contribution in [1.82, 2.24) is 4.98 Å². The molecule has 1 aromatic heterocycles. The topological polar surface area (TPSA) is 26.0 Å². The zero-order valence-electron chi connectivity index (χ0n) is 7.66. The molecule has 72 valence electrons. The first kappa shape index (κ1) is 8.48. The Bertz CT molecular complexity index is 473. The van der Waals surface area contributed by atoms with Gasteiger partial charge in [-0.2, -0.15) is 0 Å². The smallest absolute Gasteiger partial charge is 0.198 e. The first-order chi connectivity index (χ1) is 6.84. The molecule has 0 atom stereocenters. The van der Waals surface area contributed by atoms with E-state index in [-0.39, 0.29) is 0 Å². The van der Waals surface area contributed by atoms with Crippen LogP contribution in [0.25, 0.3) is 11.1 Å². The first-order valence-corrected chi connectivity index (χ1v) is 5.69. The Morgan fingerprint density at radius 1 is 1.36 bits per heavy atom. The molecule has 1 aromatic carbocycles. The van der Waals surface area contributed by atoms with Gasteiger partial charge in [0.25, 0.3) is 0 Å². The van der Waals surface area contributed by atoms with Crippen molar-refractivity contribution in [3.05, 3.63) is 28.6 Å². The third-order valence-electron chi connectivity index (χ3n) is 2.84. The van der Waals surface area contributed by atoms with Gasteiger partial charge in [0.15, 0.2) is 11.5 Å². The van der Waals surface area contributed by atoms with Crippen molar-refractivity contribution < 1.29 is 4.42 Å². The lowest BCUT2D eigenvalue weighted by molar-refractivity contribution is 0.344. The van der Waals surface area contributed by atoms with Crippen LogP contribution in [0.3, 0.4) is 0 Å². The van der Waals surface area contributed by atoms with E-state index in [1.807, 2.05) is 18.2 Å². The maximum absolute atomic E-state index is 5.74. The van der Waals surface area contributed by atoms with Crippen molar-refractivity contribution >= 4 is 27.0 Å². The molecule has 1 heterocycles. The van der Waals surface area contributed by atoms with Crippen LogP contribution in [0.2, 0.25) is 0 Å². The summed E-state index contributed by atoms with van der Waals surface area (Å²) >= 11 is 3.47. The quantitative estimate of drug-likeness (QED) is 0.770. The highest BCUT2D eigenvalue weighted by atomic mass is 79.9. The molecule has 14 heavy (non-hydrogen) atoms. The van der Waals surface area contributed by atoms with Crippen molar-refractivity contribution in [2.75, 3.05) is 0 Å². The number of halogens is 1. The molecule has 0 aliphatic heterocycles. The zero-order chi connectivity index (χ0) is 9.54. The monoisotopic (exact) mass is 251 g/mol. The summed E-state index contributed by atoms with van der Waals surface area (Å²) in [7, 11) is 0. The second-order valence-electron chi connectivity index (χ2n) is 3.77. The lowest BCUT2D eigenvalue weighted by Gasteiger charge is -2.21. The molecule has 0 spiro atoms. The number of nitrogens with zero attached hydrogens (tertiary/aromatic N) is 1. The van der Waals surface area contributed by atoms with Crippen LogP contribution in [0.1, 0.15) is 31.1 Å². The minimum Gasteiger partial charge on any atom is -0.439 e. The number of benzene rings is 1. The van der Waals surface area contributed by atoms with E-state index in [0.29, 0.717) is 5.92 Å². The molecule has 1 aliphatic rings. The number of oxazole rings is 1. The maximum Gasteiger partial charge on any atom is 0.198 e. The largest absolute Gasteiger partial charge is 0.439 e. The summed E-state index contributed by atoms with van der Waals surface area (Å²) in [5.41, 5.74) is 1.84. The number of fused-ring (bicyclic) bond motifs is 1. The Morgan fingerprint density at radius 2 is 2.21 bits per heavy atom. The zero-order valence-corrected chi connectivity index (χ0v) is 9.25. The fourth-order valence-electron chi connectivity index (χ4n) is 1.76. The van der Waals surface area contributed by atoms with Crippen molar-refractivity contribution in [2.45, 2.75) is 25.2 Å². The van der Waals surface area contributed by atoms with E-state index in [1.165, 1.54) is 19.3 Å². The lowest BCUT2D eigenvalue weighted by Crippen LogP contribution is -2.08. The highest BCUT2D eigenvalue weighted by Crippen LogP contribution is 2.38. The van der Waals surface area contributed by atoms with Crippen LogP contribution in [0, 0.1) is 0 Å². The Hall–Kier alpha value is -0.830. The minimum absolute atomic E-state index is 0.564. The first-order valence-electron chi connectivity index (χ1n) is 4.89. The predicted octanol–water partition coefficient (Wildman–Crippen LogP) is 3.86. The summed E-state index contributed by atoms with van der Waals surface area (Å²) in [6.07, 6.45) is 3.76. The molecule has 3 heteroatoms. The SMILES string of the molecule is Brc1cccc2nc(C3CCC3)oc12. The van der Waals surface area contributed by atoms with E-state index in [1.54, 1.807) is 0 Å². The molecule has 0 N–H and O–H groups in total. The summed E-state index contributed by atoms with van der Waals surface area (Å²) < 4.78 is 6.74. The van der Waals surface area contributed by atoms with Crippen LogP contribution >= 0.6 is 15.9 Å². The Labute approximate surface area is 90.4 Å². The summed E-state index contributed by atoms with van der Waals surface area (Å²) in [6.45, 7) is 0. The van der Waals surface area contributed by atoms with Gasteiger partial charge in [-0.15, -0.1) is 0 Å². The predicted molar refractivity (Wildman–Crippen MR) is 58.3 cm³/mol. The van der Waals surface area contributed by atoms with Crippen LogP contribution in [0.15, 0.2) is 27.1 Å². The molecular formula is C11H10BrNO.